The molecule has 3 unspecified atom stereocenters. The lowest BCUT2D eigenvalue weighted by Gasteiger charge is -2.41. The maximum absolute atomic E-state index is 12.2. The Morgan fingerprint density at radius 1 is 1.50 bits per heavy atom. The number of morpholine rings is 1. The van der Waals surface area contributed by atoms with Gasteiger partial charge in [0.2, 0.25) is 0 Å². The second kappa shape index (κ2) is 5.89. The largest absolute Gasteiger partial charge is 0.444 e. The summed E-state index contributed by atoms with van der Waals surface area (Å²) in [6, 6.07) is -0.152. The van der Waals surface area contributed by atoms with Crippen molar-refractivity contribution in [3.05, 3.63) is 0 Å². The van der Waals surface area contributed by atoms with E-state index < -0.39 is 11.7 Å². The number of hydrogen-bond donors (Lipinski definition) is 1. The summed E-state index contributed by atoms with van der Waals surface area (Å²) in [7, 11) is 0. The monoisotopic (exact) mass is 259 g/mol. The van der Waals surface area contributed by atoms with E-state index in [-0.39, 0.29) is 18.2 Å². The van der Waals surface area contributed by atoms with Gasteiger partial charge < -0.3 is 14.6 Å². The van der Waals surface area contributed by atoms with E-state index in [4.69, 9.17) is 9.47 Å². The van der Waals surface area contributed by atoms with Gasteiger partial charge in [0.05, 0.1) is 31.4 Å². The zero-order valence-electron chi connectivity index (χ0n) is 12.0. The zero-order valence-corrected chi connectivity index (χ0v) is 12.0. The number of amides is 1. The molecule has 5 nitrogen and oxygen atoms in total. The van der Waals surface area contributed by atoms with Gasteiger partial charge in [0.1, 0.15) is 5.60 Å². The van der Waals surface area contributed by atoms with Crippen molar-refractivity contribution in [3.63, 3.8) is 0 Å². The number of carbonyl (C=O) groups excluding carboxylic acids is 1. The van der Waals surface area contributed by atoms with E-state index in [1.54, 1.807) is 11.8 Å². The van der Waals surface area contributed by atoms with Gasteiger partial charge in [0, 0.05) is 0 Å². The third-order valence-corrected chi connectivity index (χ3v) is 2.76. The molecule has 0 aromatic heterocycles. The smallest absolute Gasteiger partial charge is 0.410 e. The number of aliphatic hydroxyl groups is 1. The molecule has 1 aliphatic rings. The van der Waals surface area contributed by atoms with Crippen LogP contribution < -0.4 is 0 Å². The van der Waals surface area contributed by atoms with Crippen LogP contribution in [0.5, 0.6) is 0 Å². The molecule has 0 bridgehead atoms. The molecule has 0 saturated carbocycles. The molecule has 1 fully saturated rings. The Morgan fingerprint density at radius 3 is 2.61 bits per heavy atom. The molecule has 0 aromatic rings. The summed E-state index contributed by atoms with van der Waals surface area (Å²) in [5.41, 5.74) is -0.509. The fourth-order valence-electron chi connectivity index (χ4n) is 2.11. The average Bonchev–Trinajstić information content (AvgIpc) is 2.13. The van der Waals surface area contributed by atoms with Crippen molar-refractivity contribution in [3.8, 4) is 0 Å². The third kappa shape index (κ3) is 4.46. The van der Waals surface area contributed by atoms with E-state index in [2.05, 4.69) is 0 Å². The fourth-order valence-corrected chi connectivity index (χ4v) is 2.11. The van der Waals surface area contributed by atoms with Gasteiger partial charge in [0.15, 0.2) is 0 Å². The maximum atomic E-state index is 12.2. The van der Waals surface area contributed by atoms with Gasteiger partial charge >= 0.3 is 6.09 Å². The second-order valence-electron chi connectivity index (χ2n) is 6.01. The molecule has 1 N–H and O–H groups in total. The fraction of sp³-hybridized carbons (Fsp3) is 0.923. The van der Waals surface area contributed by atoms with Crippen molar-refractivity contribution >= 4 is 6.09 Å². The van der Waals surface area contributed by atoms with Crippen molar-refractivity contribution in [2.75, 3.05) is 13.2 Å². The van der Waals surface area contributed by atoms with Crippen LogP contribution in [0.4, 0.5) is 4.79 Å². The Kier molecular flexibility index (Phi) is 4.99. The Morgan fingerprint density at radius 2 is 2.11 bits per heavy atom. The first kappa shape index (κ1) is 15.2. The molecule has 0 aliphatic carbocycles. The molecule has 1 aliphatic heterocycles. The second-order valence-corrected chi connectivity index (χ2v) is 6.01. The van der Waals surface area contributed by atoms with Crippen molar-refractivity contribution < 1.29 is 19.4 Å². The minimum Gasteiger partial charge on any atom is -0.444 e. The number of carbonyl (C=O) groups is 1. The first-order valence-electron chi connectivity index (χ1n) is 6.48. The normalized spacial score (nSPS) is 26.9. The van der Waals surface area contributed by atoms with Crippen LogP contribution in [0.25, 0.3) is 0 Å². The molecule has 0 radical (unpaired) electrons. The van der Waals surface area contributed by atoms with Crippen molar-refractivity contribution in [1.29, 1.82) is 0 Å². The van der Waals surface area contributed by atoms with E-state index >= 15 is 0 Å². The van der Waals surface area contributed by atoms with Gasteiger partial charge in [0.25, 0.3) is 0 Å². The molecule has 18 heavy (non-hydrogen) atoms. The van der Waals surface area contributed by atoms with Crippen molar-refractivity contribution in [2.45, 2.75) is 64.8 Å². The molecule has 0 spiro atoms. The van der Waals surface area contributed by atoms with Gasteiger partial charge in [-0.25, -0.2) is 4.79 Å². The van der Waals surface area contributed by atoms with Crippen molar-refractivity contribution in [2.24, 2.45) is 0 Å². The summed E-state index contributed by atoms with van der Waals surface area (Å²) in [6.07, 6.45) is -0.290. The summed E-state index contributed by atoms with van der Waals surface area (Å²) < 4.78 is 10.9. The van der Waals surface area contributed by atoms with E-state index in [0.717, 1.165) is 0 Å². The summed E-state index contributed by atoms with van der Waals surface area (Å²) in [6.45, 7) is 10.1. The van der Waals surface area contributed by atoms with Crippen LogP contribution in [-0.2, 0) is 9.47 Å². The first-order chi connectivity index (χ1) is 8.20. The predicted molar refractivity (Wildman–Crippen MR) is 68.4 cm³/mol. The Labute approximate surface area is 109 Å². The SMILES string of the molecule is CC(O)CC1COCC(C)N1C(=O)OC(C)(C)C. The summed E-state index contributed by atoms with van der Waals surface area (Å²) >= 11 is 0. The molecule has 0 aromatic carbocycles. The predicted octanol–water partition coefficient (Wildman–Crippen LogP) is 1.78. The van der Waals surface area contributed by atoms with Crippen molar-refractivity contribution in [1.82, 2.24) is 4.90 Å². The number of aliphatic hydroxyl groups excluding tert-OH is 1. The van der Waals surface area contributed by atoms with Crippen LogP contribution in [0, 0.1) is 0 Å². The highest BCUT2D eigenvalue weighted by Crippen LogP contribution is 2.21. The third-order valence-electron chi connectivity index (χ3n) is 2.76. The highest BCUT2D eigenvalue weighted by Gasteiger charge is 2.35. The first-order valence-corrected chi connectivity index (χ1v) is 6.48. The summed E-state index contributed by atoms with van der Waals surface area (Å²) in [4.78, 5) is 13.9. The maximum Gasteiger partial charge on any atom is 0.410 e. The van der Waals surface area contributed by atoms with Gasteiger partial charge in [-0.2, -0.15) is 0 Å². The Hall–Kier alpha value is -0.810. The Bertz CT molecular complexity index is 285. The number of hydrogen-bond acceptors (Lipinski definition) is 4. The molecule has 1 amide bonds. The molecule has 1 heterocycles. The average molecular weight is 259 g/mol. The van der Waals surface area contributed by atoms with Gasteiger partial charge in [-0.05, 0) is 41.0 Å². The standard InChI is InChI=1S/C13H25NO4/c1-9-7-17-8-11(6-10(2)15)14(9)12(16)18-13(3,4)5/h9-11,15H,6-8H2,1-5H3. The lowest BCUT2D eigenvalue weighted by Crippen LogP contribution is -2.55. The van der Waals surface area contributed by atoms with Gasteiger partial charge in [-0.15, -0.1) is 0 Å². The minimum absolute atomic E-state index is 0.0302. The number of ether oxygens (including phenoxy) is 2. The zero-order chi connectivity index (χ0) is 13.9. The molecule has 1 saturated heterocycles. The van der Waals surface area contributed by atoms with Crippen LogP contribution in [0.15, 0.2) is 0 Å². The lowest BCUT2D eigenvalue weighted by atomic mass is 10.1. The van der Waals surface area contributed by atoms with E-state index in [0.29, 0.717) is 19.6 Å². The molecular weight excluding hydrogens is 234 g/mol. The van der Waals surface area contributed by atoms with Crippen LogP contribution in [-0.4, -0.2) is 53.1 Å². The van der Waals surface area contributed by atoms with E-state index in [1.807, 2.05) is 27.7 Å². The van der Waals surface area contributed by atoms with Crippen LogP contribution in [0.3, 0.4) is 0 Å². The van der Waals surface area contributed by atoms with Gasteiger partial charge in [-0.3, -0.25) is 4.90 Å². The molecule has 106 valence electrons. The quantitative estimate of drug-likeness (QED) is 0.821. The van der Waals surface area contributed by atoms with Gasteiger partial charge in [-0.1, -0.05) is 0 Å². The number of nitrogens with zero attached hydrogens (tertiary/aromatic N) is 1. The highest BCUT2D eigenvalue weighted by atomic mass is 16.6. The van der Waals surface area contributed by atoms with E-state index in [1.165, 1.54) is 0 Å². The summed E-state index contributed by atoms with van der Waals surface area (Å²) in [5.74, 6) is 0. The van der Waals surface area contributed by atoms with Crippen LogP contribution >= 0.6 is 0 Å². The minimum atomic E-state index is -0.509. The number of rotatable bonds is 2. The molecule has 3 atom stereocenters. The molecule has 5 heteroatoms. The molecular formula is C13H25NO4. The van der Waals surface area contributed by atoms with Crippen LogP contribution in [0.2, 0.25) is 0 Å². The topological polar surface area (TPSA) is 59.0 Å². The lowest BCUT2D eigenvalue weighted by molar-refractivity contribution is -0.0648. The molecule has 1 rings (SSSR count). The summed E-state index contributed by atoms with van der Waals surface area (Å²) in [5, 5.41) is 9.49. The Balaban J connectivity index is 2.74. The van der Waals surface area contributed by atoms with Crippen LogP contribution in [0.1, 0.15) is 41.0 Å². The highest BCUT2D eigenvalue weighted by molar-refractivity contribution is 5.69. The van der Waals surface area contributed by atoms with E-state index in [9.17, 15) is 9.90 Å².